The summed E-state index contributed by atoms with van der Waals surface area (Å²) in [6.45, 7) is 0. The van der Waals surface area contributed by atoms with E-state index in [2.05, 4.69) is 25.6 Å². The molecule has 3 N–H and O–H groups in total. The maximum atomic E-state index is 11.3. The number of nitrogens with one attached hydrogen (secondary N) is 1. The standard InChI is InChI=1S/C6H8BrN3O2S/c1-9-13(11,12)4-2-5(7)6(8)10-3-4/h2-3,9H,1H3,(H2,8,10). The van der Waals surface area contributed by atoms with Crippen molar-refractivity contribution in [2.45, 2.75) is 4.90 Å². The average molecular weight is 266 g/mol. The number of sulfonamides is 1. The van der Waals surface area contributed by atoms with Gasteiger partial charge in [0.05, 0.1) is 4.47 Å². The summed E-state index contributed by atoms with van der Waals surface area (Å²) < 4.78 is 25.1. The van der Waals surface area contributed by atoms with Crippen molar-refractivity contribution in [3.63, 3.8) is 0 Å². The van der Waals surface area contributed by atoms with E-state index in [1.165, 1.54) is 19.3 Å². The second-order valence-electron chi connectivity index (χ2n) is 2.25. The van der Waals surface area contributed by atoms with E-state index in [9.17, 15) is 8.42 Å². The van der Waals surface area contributed by atoms with E-state index in [-0.39, 0.29) is 10.7 Å². The van der Waals surface area contributed by atoms with E-state index in [0.717, 1.165) is 0 Å². The van der Waals surface area contributed by atoms with E-state index in [0.29, 0.717) is 4.47 Å². The molecule has 13 heavy (non-hydrogen) atoms. The molecule has 72 valence electrons. The third kappa shape index (κ3) is 2.17. The van der Waals surface area contributed by atoms with E-state index in [1.54, 1.807) is 0 Å². The fourth-order valence-corrected chi connectivity index (χ4v) is 1.90. The van der Waals surface area contributed by atoms with Crippen LogP contribution in [0.5, 0.6) is 0 Å². The molecule has 0 fully saturated rings. The predicted octanol–water partition coefficient (Wildman–Crippen LogP) is 0.334. The Hall–Kier alpha value is -0.660. The van der Waals surface area contributed by atoms with E-state index in [1.807, 2.05) is 0 Å². The van der Waals surface area contributed by atoms with Gasteiger partial charge in [0.1, 0.15) is 10.7 Å². The molecule has 5 nitrogen and oxygen atoms in total. The lowest BCUT2D eigenvalue weighted by atomic mass is 10.5. The van der Waals surface area contributed by atoms with Crippen molar-refractivity contribution in [1.82, 2.24) is 9.71 Å². The molecule has 1 heterocycles. The molecule has 0 radical (unpaired) electrons. The third-order valence-electron chi connectivity index (χ3n) is 1.42. The van der Waals surface area contributed by atoms with Crippen LogP contribution in [0.3, 0.4) is 0 Å². The largest absolute Gasteiger partial charge is 0.383 e. The van der Waals surface area contributed by atoms with Crippen LogP contribution >= 0.6 is 15.9 Å². The molecule has 1 aromatic heterocycles. The van der Waals surface area contributed by atoms with Gasteiger partial charge < -0.3 is 5.73 Å². The van der Waals surface area contributed by atoms with Gasteiger partial charge in [0.25, 0.3) is 0 Å². The van der Waals surface area contributed by atoms with Crippen molar-refractivity contribution in [3.05, 3.63) is 16.7 Å². The van der Waals surface area contributed by atoms with Crippen molar-refractivity contribution >= 4 is 31.8 Å². The molecule has 0 atom stereocenters. The van der Waals surface area contributed by atoms with Gasteiger partial charge in [0, 0.05) is 6.20 Å². The minimum Gasteiger partial charge on any atom is -0.383 e. The lowest BCUT2D eigenvalue weighted by Gasteiger charge is -2.03. The fraction of sp³-hybridized carbons (Fsp3) is 0.167. The number of halogens is 1. The first-order chi connectivity index (χ1) is 5.97. The quantitative estimate of drug-likeness (QED) is 0.808. The molecule has 7 heteroatoms. The summed E-state index contributed by atoms with van der Waals surface area (Å²) in [6, 6.07) is 1.40. The van der Waals surface area contributed by atoms with Gasteiger partial charge in [-0.1, -0.05) is 0 Å². The highest BCUT2D eigenvalue weighted by Crippen LogP contribution is 2.19. The highest BCUT2D eigenvalue weighted by molar-refractivity contribution is 9.10. The van der Waals surface area contributed by atoms with Gasteiger partial charge in [-0.25, -0.2) is 18.1 Å². The second-order valence-corrected chi connectivity index (χ2v) is 4.99. The van der Waals surface area contributed by atoms with Gasteiger partial charge in [-0.2, -0.15) is 0 Å². The first-order valence-electron chi connectivity index (χ1n) is 3.32. The molecule has 0 bridgehead atoms. The van der Waals surface area contributed by atoms with Crippen LogP contribution in [0.15, 0.2) is 21.6 Å². The summed E-state index contributed by atoms with van der Waals surface area (Å²) in [5, 5.41) is 0. The Bertz CT molecular complexity index is 418. The van der Waals surface area contributed by atoms with Crippen molar-refractivity contribution < 1.29 is 8.42 Å². The van der Waals surface area contributed by atoms with Gasteiger partial charge in [0.2, 0.25) is 10.0 Å². The van der Waals surface area contributed by atoms with Crippen molar-refractivity contribution in [3.8, 4) is 0 Å². The number of nitrogen functional groups attached to an aromatic ring is 1. The number of nitrogens with zero attached hydrogens (tertiary/aromatic N) is 1. The Morgan fingerprint density at radius 3 is 2.69 bits per heavy atom. The lowest BCUT2D eigenvalue weighted by Crippen LogP contribution is -2.18. The van der Waals surface area contributed by atoms with Gasteiger partial charge in [-0.3, -0.25) is 0 Å². The Labute approximate surface area is 84.5 Å². The molecule has 0 aliphatic carbocycles. The van der Waals surface area contributed by atoms with Crippen LogP contribution in [0, 0.1) is 0 Å². The summed E-state index contributed by atoms with van der Waals surface area (Å²) >= 11 is 3.09. The summed E-state index contributed by atoms with van der Waals surface area (Å²) in [6.07, 6.45) is 1.20. The van der Waals surface area contributed by atoms with Crippen LogP contribution in [-0.2, 0) is 10.0 Å². The smallest absolute Gasteiger partial charge is 0.241 e. The number of rotatable bonds is 2. The Morgan fingerprint density at radius 1 is 1.62 bits per heavy atom. The van der Waals surface area contributed by atoms with Gasteiger partial charge in [-0.15, -0.1) is 0 Å². The topological polar surface area (TPSA) is 85.1 Å². The number of anilines is 1. The molecule has 0 spiro atoms. The molecule has 0 aliphatic rings. The van der Waals surface area contributed by atoms with E-state index in [4.69, 9.17) is 5.73 Å². The summed E-state index contributed by atoms with van der Waals surface area (Å²) in [4.78, 5) is 3.78. The lowest BCUT2D eigenvalue weighted by molar-refractivity contribution is 0.588. The third-order valence-corrected chi connectivity index (χ3v) is 3.44. The molecule has 1 aromatic rings. The van der Waals surface area contributed by atoms with Crippen molar-refractivity contribution in [2.24, 2.45) is 0 Å². The van der Waals surface area contributed by atoms with E-state index < -0.39 is 10.0 Å². The van der Waals surface area contributed by atoms with Crippen LogP contribution in [0.2, 0.25) is 0 Å². The molecular formula is C6H8BrN3O2S. The van der Waals surface area contributed by atoms with Crippen LogP contribution in [0.1, 0.15) is 0 Å². The zero-order valence-corrected chi connectivity index (χ0v) is 9.18. The van der Waals surface area contributed by atoms with Crippen LogP contribution in [0.25, 0.3) is 0 Å². The minimum atomic E-state index is -3.44. The Kier molecular flexibility index (Phi) is 2.89. The molecule has 0 saturated carbocycles. The Morgan fingerprint density at radius 2 is 2.23 bits per heavy atom. The molecule has 0 aromatic carbocycles. The van der Waals surface area contributed by atoms with Gasteiger partial charge in [0.15, 0.2) is 0 Å². The first-order valence-corrected chi connectivity index (χ1v) is 5.59. The summed E-state index contributed by atoms with van der Waals surface area (Å²) in [5.74, 6) is 0.259. The second kappa shape index (κ2) is 3.60. The number of hydrogen-bond donors (Lipinski definition) is 2. The number of aromatic nitrogens is 1. The molecule has 1 rings (SSSR count). The van der Waals surface area contributed by atoms with Gasteiger partial charge >= 0.3 is 0 Å². The zero-order valence-electron chi connectivity index (χ0n) is 6.78. The highest BCUT2D eigenvalue weighted by Gasteiger charge is 2.12. The number of nitrogens with two attached hydrogens (primary N) is 1. The molecule has 0 amide bonds. The Balaban J connectivity index is 3.27. The zero-order chi connectivity index (χ0) is 10.1. The number of hydrogen-bond acceptors (Lipinski definition) is 4. The van der Waals surface area contributed by atoms with Gasteiger partial charge in [-0.05, 0) is 29.0 Å². The van der Waals surface area contributed by atoms with Crippen LogP contribution in [0.4, 0.5) is 5.82 Å². The predicted molar refractivity (Wildman–Crippen MR) is 52.6 cm³/mol. The molecular weight excluding hydrogens is 258 g/mol. The SMILES string of the molecule is CNS(=O)(=O)c1cnc(N)c(Br)c1. The maximum absolute atomic E-state index is 11.3. The molecule has 0 unspecified atom stereocenters. The van der Waals surface area contributed by atoms with Crippen LogP contribution < -0.4 is 10.5 Å². The van der Waals surface area contributed by atoms with E-state index >= 15 is 0 Å². The highest BCUT2D eigenvalue weighted by atomic mass is 79.9. The summed E-state index contributed by atoms with van der Waals surface area (Å²) in [5.41, 5.74) is 5.40. The molecule has 0 saturated heterocycles. The number of pyridine rings is 1. The van der Waals surface area contributed by atoms with Crippen molar-refractivity contribution in [1.29, 1.82) is 0 Å². The monoisotopic (exact) mass is 265 g/mol. The van der Waals surface area contributed by atoms with Crippen LogP contribution in [-0.4, -0.2) is 20.4 Å². The minimum absolute atomic E-state index is 0.0797. The normalized spacial score (nSPS) is 11.5. The average Bonchev–Trinajstić information content (AvgIpc) is 2.09. The summed E-state index contributed by atoms with van der Waals surface area (Å²) in [7, 11) is -2.10. The maximum Gasteiger partial charge on any atom is 0.241 e. The molecule has 0 aliphatic heterocycles. The van der Waals surface area contributed by atoms with Crippen molar-refractivity contribution in [2.75, 3.05) is 12.8 Å². The fourth-order valence-electron chi connectivity index (χ4n) is 0.696. The first kappa shape index (κ1) is 10.4.